The third-order valence-electron chi connectivity index (χ3n) is 6.35. The Morgan fingerprint density at radius 3 is 2.93 bits per heavy atom. The number of ketones is 1. The topological polar surface area (TPSA) is 68.3 Å². The fourth-order valence-electron chi connectivity index (χ4n) is 5.10. The van der Waals surface area contributed by atoms with Gasteiger partial charge in [-0.2, -0.15) is 0 Å². The van der Waals surface area contributed by atoms with Gasteiger partial charge in [-0.15, -0.1) is 0 Å². The highest BCUT2D eigenvalue weighted by Crippen LogP contribution is 2.65. The van der Waals surface area contributed by atoms with E-state index in [4.69, 9.17) is 4.74 Å². The van der Waals surface area contributed by atoms with Gasteiger partial charge in [-0.25, -0.2) is 0 Å². The quantitative estimate of drug-likeness (QED) is 0.908. The van der Waals surface area contributed by atoms with Gasteiger partial charge >= 0.3 is 0 Å². The zero-order chi connectivity index (χ0) is 18.4. The molecule has 4 atom stereocenters. The second-order valence-corrected chi connectivity index (χ2v) is 7.88. The molecule has 0 unspecified atom stereocenters. The molecule has 138 valence electrons. The Bertz CT molecular complexity index is 897. The average Bonchev–Trinajstić information content (AvgIpc) is 3.34. The maximum Gasteiger partial charge on any atom is 0.223 e. The minimum Gasteiger partial charge on any atom is -0.486 e. The maximum absolute atomic E-state index is 12.7. The number of hydrogen-bond donors (Lipinski definition) is 1. The number of nitrogens with one attached hydrogen (secondary N) is 1. The number of Topliss-reactive ketones (excluding diaryl/α,β-unsaturated/α-hetero) is 1. The normalized spacial score (nSPS) is 30.4. The van der Waals surface area contributed by atoms with E-state index in [2.05, 4.69) is 10.3 Å². The molecule has 27 heavy (non-hydrogen) atoms. The lowest BCUT2D eigenvalue weighted by molar-refractivity contribution is -0.124. The Labute approximate surface area is 158 Å². The van der Waals surface area contributed by atoms with E-state index in [0.717, 1.165) is 25.0 Å². The van der Waals surface area contributed by atoms with Crippen molar-refractivity contribution in [3.63, 3.8) is 0 Å². The molecule has 1 aromatic heterocycles. The molecule has 5 rings (SSSR count). The third kappa shape index (κ3) is 2.73. The van der Waals surface area contributed by atoms with Crippen LogP contribution in [0.25, 0.3) is 0 Å². The molecule has 0 bridgehead atoms. The van der Waals surface area contributed by atoms with Crippen molar-refractivity contribution in [3.8, 4) is 5.75 Å². The van der Waals surface area contributed by atoms with Crippen LogP contribution in [-0.4, -0.2) is 28.8 Å². The third-order valence-corrected chi connectivity index (χ3v) is 6.35. The van der Waals surface area contributed by atoms with Crippen molar-refractivity contribution in [2.75, 3.05) is 6.54 Å². The number of pyridine rings is 1. The molecule has 5 heteroatoms. The second-order valence-electron chi connectivity index (χ2n) is 7.88. The summed E-state index contributed by atoms with van der Waals surface area (Å²) in [6.45, 7) is 0.585. The number of hydrogen-bond acceptors (Lipinski definition) is 4. The summed E-state index contributed by atoms with van der Waals surface area (Å²) in [4.78, 5) is 29.6. The predicted molar refractivity (Wildman–Crippen MR) is 99.4 cm³/mol. The Morgan fingerprint density at radius 1 is 1.22 bits per heavy atom. The van der Waals surface area contributed by atoms with E-state index < -0.39 is 5.60 Å². The predicted octanol–water partition coefficient (Wildman–Crippen LogP) is 2.80. The number of fused-ring (bicyclic) bond motifs is 3. The molecular weight excluding hydrogens is 340 g/mol. The van der Waals surface area contributed by atoms with Crippen LogP contribution >= 0.6 is 0 Å². The van der Waals surface area contributed by atoms with E-state index in [9.17, 15) is 9.59 Å². The van der Waals surface area contributed by atoms with Crippen LogP contribution in [0.15, 0.2) is 48.7 Å². The molecule has 0 radical (unpaired) electrons. The molecule has 1 aromatic carbocycles. The zero-order valence-corrected chi connectivity index (χ0v) is 15.1. The first-order valence-electron chi connectivity index (χ1n) is 9.67. The highest BCUT2D eigenvalue weighted by molar-refractivity contribution is 6.00. The van der Waals surface area contributed by atoms with Crippen molar-refractivity contribution in [2.45, 2.75) is 31.3 Å². The number of ether oxygens (including phenoxy) is 1. The summed E-state index contributed by atoms with van der Waals surface area (Å²) in [5.41, 5.74) is 1.16. The number of carbonyl (C=O) groups is 2. The van der Waals surface area contributed by atoms with Crippen molar-refractivity contribution in [3.05, 3.63) is 59.9 Å². The molecule has 1 spiro atoms. The molecule has 1 amide bonds. The Hall–Kier alpha value is -2.69. The van der Waals surface area contributed by atoms with E-state index in [1.165, 1.54) is 0 Å². The summed E-state index contributed by atoms with van der Waals surface area (Å²) in [6.07, 6.45) is 4.70. The maximum atomic E-state index is 12.7. The minimum atomic E-state index is -0.487. The average molecular weight is 362 g/mol. The van der Waals surface area contributed by atoms with Crippen molar-refractivity contribution in [1.29, 1.82) is 0 Å². The first-order valence-corrected chi connectivity index (χ1v) is 9.67. The van der Waals surface area contributed by atoms with Crippen molar-refractivity contribution >= 4 is 11.7 Å². The Balaban J connectivity index is 1.25. The summed E-state index contributed by atoms with van der Waals surface area (Å²) in [5.74, 6) is 1.38. The molecule has 2 aliphatic carbocycles. The molecule has 3 aliphatic rings. The number of amides is 1. The van der Waals surface area contributed by atoms with Gasteiger partial charge in [-0.05, 0) is 43.0 Å². The molecule has 1 N–H and O–H groups in total. The molecule has 1 aliphatic heterocycles. The van der Waals surface area contributed by atoms with Gasteiger partial charge in [-0.3, -0.25) is 14.6 Å². The van der Waals surface area contributed by atoms with Crippen molar-refractivity contribution in [2.24, 2.45) is 17.8 Å². The Morgan fingerprint density at radius 2 is 2.07 bits per heavy atom. The van der Waals surface area contributed by atoms with E-state index in [-0.39, 0.29) is 23.5 Å². The summed E-state index contributed by atoms with van der Waals surface area (Å²) in [7, 11) is 0. The van der Waals surface area contributed by atoms with Crippen LogP contribution in [0, 0.1) is 17.8 Å². The van der Waals surface area contributed by atoms with E-state index >= 15 is 0 Å². The van der Waals surface area contributed by atoms with Gasteiger partial charge in [0.25, 0.3) is 0 Å². The van der Waals surface area contributed by atoms with Gasteiger partial charge in [0.15, 0.2) is 5.78 Å². The van der Waals surface area contributed by atoms with Gasteiger partial charge in [0.05, 0.1) is 12.0 Å². The fraction of sp³-hybridized carbons (Fsp3) is 0.409. The summed E-state index contributed by atoms with van der Waals surface area (Å²) in [5, 5.41) is 3.05. The zero-order valence-electron chi connectivity index (χ0n) is 15.1. The molecule has 2 fully saturated rings. The lowest BCUT2D eigenvalue weighted by atomic mass is 9.84. The van der Waals surface area contributed by atoms with Gasteiger partial charge in [-0.1, -0.05) is 18.2 Å². The van der Waals surface area contributed by atoms with Crippen LogP contribution < -0.4 is 10.1 Å². The SMILES string of the molecule is O=C1C[C@]2(CC[C@@H]3[C@H](C(=O)NCCc4ccccn4)[C@@H]32)Oc2ccccc21. The van der Waals surface area contributed by atoms with Crippen LogP contribution in [0.1, 0.15) is 35.3 Å². The lowest BCUT2D eigenvalue weighted by Gasteiger charge is -2.37. The van der Waals surface area contributed by atoms with E-state index in [1.54, 1.807) is 6.20 Å². The van der Waals surface area contributed by atoms with Crippen LogP contribution in [0.4, 0.5) is 0 Å². The summed E-state index contributed by atoms with van der Waals surface area (Å²) < 4.78 is 6.35. The first-order chi connectivity index (χ1) is 13.2. The highest BCUT2D eigenvalue weighted by Gasteiger charge is 2.70. The molecule has 2 aromatic rings. The van der Waals surface area contributed by atoms with Crippen molar-refractivity contribution < 1.29 is 14.3 Å². The van der Waals surface area contributed by atoms with Crippen LogP contribution in [-0.2, 0) is 11.2 Å². The number of carbonyl (C=O) groups excluding carboxylic acids is 2. The second kappa shape index (κ2) is 6.19. The highest BCUT2D eigenvalue weighted by atomic mass is 16.5. The van der Waals surface area contributed by atoms with Crippen LogP contribution in [0.2, 0.25) is 0 Å². The minimum absolute atomic E-state index is 0.0273. The number of benzene rings is 1. The Kier molecular flexibility index (Phi) is 3.78. The molecule has 2 heterocycles. The van der Waals surface area contributed by atoms with Crippen molar-refractivity contribution in [1.82, 2.24) is 10.3 Å². The van der Waals surface area contributed by atoms with Crippen LogP contribution in [0.5, 0.6) is 5.75 Å². The number of para-hydroxylation sites is 1. The molecule has 5 nitrogen and oxygen atoms in total. The van der Waals surface area contributed by atoms with Gasteiger partial charge in [0, 0.05) is 36.7 Å². The number of rotatable bonds is 4. The van der Waals surface area contributed by atoms with E-state index in [0.29, 0.717) is 30.2 Å². The largest absolute Gasteiger partial charge is 0.486 e. The monoisotopic (exact) mass is 362 g/mol. The van der Waals surface area contributed by atoms with Gasteiger partial charge < -0.3 is 10.1 Å². The number of aromatic nitrogens is 1. The summed E-state index contributed by atoms with van der Waals surface area (Å²) in [6, 6.07) is 13.3. The standard InChI is InChI=1S/C22H22N2O3/c25-17-13-22(27-18-7-2-1-6-15(17)18)10-8-16-19(20(16)22)21(26)24-12-9-14-5-3-4-11-23-14/h1-7,11,16,19-20H,8-10,12-13H2,(H,24,26)/t16-,19+,20-,22+/m1/s1. The molecular formula is C22H22N2O3. The summed E-state index contributed by atoms with van der Waals surface area (Å²) >= 11 is 0. The lowest BCUT2D eigenvalue weighted by Crippen LogP contribution is -2.44. The van der Waals surface area contributed by atoms with Gasteiger partial charge in [0.2, 0.25) is 5.91 Å². The smallest absolute Gasteiger partial charge is 0.223 e. The molecule has 2 saturated carbocycles. The van der Waals surface area contributed by atoms with E-state index in [1.807, 2.05) is 42.5 Å². The first kappa shape index (κ1) is 16.5. The van der Waals surface area contributed by atoms with Crippen LogP contribution in [0.3, 0.4) is 0 Å². The molecule has 0 saturated heterocycles. The van der Waals surface area contributed by atoms with Gasteiger partial charge in [0.1, 0.15) is 11.4 Å². The fourth-order valence-corrected chi connectivity index (χ4v) is 5.10. The number of nitrogens with zero attached hydrogens (tertiary/aromatic N) is 1.